The molecule has 2 amide bonds. The van der Waals surface area contributed by atoms with Crippen LogP contribution in [0, 0.1) is 11.8 Å². The maximum absolute atomic E-state index is 11.6. The molecule has 0 fully saturated rings. The number of carbonyl (C=O) groups excluding carboxylic acids is 1. The molecule has 0 aliphatic carbocycles. The number of hydrogen-bond donors (Lipinski definition) is 3. The van der Waals surface area contributed by atoms with Gasteiger partial charge in [-0.05, 0) is 18.3 Å². The Morgan fingerprint density at radius 2 is 1.86 bits per heavy atom. The number of hydrogen-bond acceptors (Lipinski definition) is 4. The third kappa shape index (κ3) is 13.4. The van der Waals surface area contributed by atoms with Crippen molar-refractivity contribution in [3.8, 4) is 0 Å². The van der Waals surface area contributed by atoms with Gasteiger partial charge >= 0.3 is 12.0 Å². The van der Waals surface area contributed by atoms with Gasteiger partial charge in [0, 0.05) is 26.6 Å². The molecule has 0 bridgehead atoms. The number of carbonyl (C=O) groups is 2. The number of nitrogens with one attached hydrogen (secondary N) is 2. The van der Waals surface area contributed by atoms with Crippen molar-refractivity contribution in [2.24, 2.45) is 11.8 Å². The third-order valence-corrected chi connectivity index (χ3v) is 2.78. The third-order valence-electron chi connectivity index (χ3n) is 2.78. The monoisotopic (exact) mass is 304 g/mol. The zero-order chi connectivity index (χ0) is 16.1. The maximum atomic E-state index is 11.6. The number of methoxy groups -OCH3 is 1. The average Bonchev–Trinajstić information content (AvgIpc) is 2.38. The van der Waals surface area contributed by atoms with Gasteiger partial charge in [-0.3, -0.25) is 4.79 Å². The van der Waals surface area contributed by atoms with Gasteiger partial charge in [-0.2, -0.15) is 0 Å². The predicted molar refractivity (Wildman–Crippen MR) is 79.3 cm³/mol. The Bertz CT molecular complexity index is 297. The molecule has 7 nitrogen and oxygen atoms in total. The van der Waals surface area contributed by atoms with Crippen LogP contribution < -0.4 is 10.6 Å². The molecule has 0 spiro atoms. The van der Waals surface area contributed by atoms with Crippen molar-refractivity contribution in [2.75, 3.05) is 40.0 Å². The summed E-state index contributed by atoms with van der Waals surface area (Å²) in [6, 6.07) is -0.301. The van der Waals surface area contributed by atoms with Crippen LogP contribution in [0.3, 0.4) is 0 Å². The smallest absolute Gasteiger partial charge is 0.314 e. The van der Waals surface area contributed by atoms with Gasteiger partial charge in [0.2, 0.25) is 0 Å². The van der Waals surface area contributed by atoms with Crippen LogP contribution in [-0.4, -0.2) is 57.1 Å². The van der Waals surface area contributed by atoms with E-state index in [1.54, 1.807) is 7.11 Å². The van der Waals surface area contributed by atoms with Crippen LogP contribution in [0.2, 0.25) is 0 Å². The number of amides is 2. The first kappa shape index (κ1) is 19.7. The molecule has 124 valence electrons. The van der Waals surface area contributed by atoms with Gasteiger partial charge < -0.3 is 25.2 Å². The highest BCUT2D eigenvalue weighted by molar-refractivity contribution is 5.74. The zero-order valence-electron chi connectivity index (χ0n) is 13.2. The van der Waals surface area contributed by atoms with Gasteiger partial charge in [-0.25, -0.2) is 4.79 Å². The second kappa shape index (κ2) is 12.4. The molecule has 0 saturated carbocycles. The lowest BCUT2D eigenvalue weighted by Crippen LogP contribution is -2.40. The lowest BCUT2D eigenvalue weighted by atomic mass is 9.94. The first-order valence-corrected chi connectivity index (χ1v) is 7.25. The van der Waals surface area contributed by atoms with Crippen molar-refractivity contribution in [3.63, 3.8) is 0 Å². The van der Waals surface area contributed by atoms with E-state index in [0.29, 0.717) is 38.8 Å². The molecule has 0 aromatic carbocycles. The number of aliphatic carboxylic acids is 1. The lowest BCUT2D eigenvalue weighted by Gasteiger charge is -2.18. The molecular formula is C14H28N2O5. The van der Waals surface area contributed by atoms with E-state index in [2.05, 4.69) is 10.6 Å². The van der Waals surface area contributed by atoms with Crippen molar-refractivity contribution in [1.29, 1.82) is 0 Å². The first-order chi connectivity index (χ1) is 9.95. The summed E-state index contributed by atoms with van der Waals surface area (Å²) in [5.74, 6) is -0.492. The number of carboxylic acid groups (broad SMARTS) is 1. The van der Waals surface area contributed by atoms with Gasteiger partial charge in [0.05, 0.1) is 19.8 Å². The molecule has 7 heteroatoms. The van der Waals surface area contributed by atoms with Crippen LogP contribution in [0.15, 0.2) is 0 Å². The summed E-state index contributed by atoms with van der Waals surface area (Å²) in [6.45, 7) is 6.27. The minimum absolute atomic E-state index is 0.0498. The second-order valence-electron chi connectivity index (χ2n) is 5.34. The van der Waals surface area contributed by atoms with Crippen molar-refractivity contribution in [2.45, 2.75) is 26.7 Å². The largest absolute Gasteiger partial charge is 0.481 e. The molecule has 3 N–H and O–H groups in total. The zero-order valence-corrected chi connectivity index (χ0v) is 13.2. The average molecular weight is 304 g/mol. The topological polar surface area (TPSA) is 96.9 Å². The van der Waals surface area contributed by atoms with Gasteiger partial charge in [-0.1, -0.05) is 13.8 Å². The summed E-state index contributed by atoms with van der Waals surface area (Å²) in [6.07, 6.45) is 0.839. The van der Waals surface area contributed by atoms with Crippen LogP contribution in [0.5, 0.6) is 0 Å². The summed E-state index contributed by atoms with van der Waals surface area (Å²) >= 11 is 0. The van der Waals surface area contributed by atoms with E-state index in [4.69, 9.17) is 14.6 Å². The van der Waals surface area contributed by atoms with Crippen molar-refractivity contribution in [3.05, 3.63) is 0 Å². The molecule has 0 aliphatic heterocycles. The van der Waals surface area contributed by atoms with E-state index in [1.165, 1.54) is 0 Å². The molecule has 0 heterocycles. The van der Waals surface area contributed by atoms with Crippen LogP contribution in [0.4, 0.5) is 4.79 Å². The van der Waals surface area contributed by atoms with E-state index < -0.39 is 5.97 Å². The second-order valence-corrected chi connectivity index (χ2v) is 5.34. The molecule has 0 radical (unpaired) electrons. The number of carboxylic acids is 1. The Labute approximate surface area is 126 Å². The number of urea groups is 1. The predicted octanol–water partition coefficient (Wildman–Crippen LogP) is 1.09. The Balaban J connectivity index is 3.78. The fourth-order valence-electron chi connectivity index (χ4n) is 1.93. The quantitative estimate of drug-likeness (QED) is 0.469. The Morgan fingerprint density at radius 1 is 1.14 bits per heavy atom. The summed E-state index contributed by atoms with van der Waals surface area (Å²) in [5, 5.41) is 14.2. The summed E-state index contributed by atoms with van der Waals surface area (Å²) in [7, 11) is 1.60. The molecule has 0 aromatic heterocycles. The number of ether oxygens (including phenoxy) is 2. The van der Waals surface area contributed by atoms with Gasteiger partial charge in [0.15, 0.2) is 0 Å². The molecule has 0 aromatic rings. The molecule has 0 aliphatic rings. The van der Waals surface area contributed by atoms with Crippen LogP contribution in [-0.2, 0) is 14.3 Å². The van der Waals surface area contributed by atoms with Crippen molar-refractivity contribution >= 4 is 12.0 Å². The highest BCUT2D eigenvalue weighted by Crippen LogP contribution is 2.14. The van der Waals surface area contributed by atoms with Gasteiger partial charge in [0.25, 0.3) is 0 Å². The van der Waals surface area contributed by atoms with Crippen LogP contribution in [0.1, 0.15) is 26.7 Å². The number of rotatable bonds is 12. The molecule has 0 rings (SSSR count). The molecule has 1 atom stereocenters. The Kier molecular flexibility index (Phi) is 11.6. The van der Waals surface area contributed by atoms with Gasteiger partial charge in [-0.15, -0.1) is 0 Å². The summed E-state index contributed by atoms with van der Waals surface area (Å²) < 4.78 is 10.0. The van der Waals surface area contributed by atoms with Crippen molar-refractivity contribution in [1.82, 2.24) is 10.6 Å². The summed E-state index contributed by atoms with van der Waals surface area (Å²) in [5.41, 5.74) is 0. The van der Waals surface area contributed by atoms with E-state index in [9.17, 15) is 9.59 Å². The highest BCUT2D eigenvalue weighted by atomic mass is 16.5. The van der Waals surface area contributed by atoms with E-state index in [1.807, 2.05) is 13.8 Å². The summed E-state index contributed by atoms with van der Waals surface area (Å²) in [4.78, 5) is 22.3. The van der Waals surface area contributed by atoms with Crippen LogP contribution >= 0.6 is 0 Å². The Morgan fingerprint density at radius 3 is 2.43 bits per heavy atom. The standard InChI is InChI=1S/C14H28N2O5/c1-11(2)8-12(9-13(17)18)10-16-14(19)15-4-5-21-7-6-20-3/h11-12H,4-10H2,1-3H3,(H,17,18)(H2,15,16,19). The molecule has 0 saturated heterocycles. The van der Waals surface area contributed by atoms with Crippen molar-refractivity contribution < 1.29 is 24.2 Å². The fraction of sp³-hybridized carbons (Fsp3) is 0.857. The normalized spacial score (nSPS) is 12.2. The molecule has 21 heavy (non-hydrogen) atoms. The Hall–Kier alpha value is -1.34. The highest BCUT2D eigenvalue weighted by Gasteiger charge is 2.15. The van der Waals surface area contributed by atoms with Crippen LogP contribution in [0.25, 0.3) is 0 Å². The first-order valence-electron chi connectivity index (χ1n) is 7.25. The van der Waals surface area contributed by atoms with E-state index in [0.717, 1.165) is 6.42 Å². The molecular weight excluding hydrogens is 276 g/mol. The SMILES string of the molecule is COCCOCCNC(=O)NCC(CC(=O)O)CC(C)C. The minimum Gasteiger partial charge on any atom is -0.481 e. The fourth-order valence-corrected chi connectivity index (χ4v) is 1.93. The maximum Gasteiger partial charge on any atom is 0.314 e. The molecule has 1 unspecified atom stereocenters. The van der Waals surface area contributed by atoms with E-state index in [-0.39, 0.29) is 18.4 Å². The van der Waals surface area contributed by atoms with E-state index >= 15 is 0 Å². The minimum atomic E-state index is -0.839. The van der Waals surface area contributed by atoms with Gasteiger partial charge in [0.1, 0.15) is 0 Å². The lowest BCUT2D eigenvalue weighted by molar-refractivity contribution is -0.138.